The van der Waals surface area contributed by atoms with Crippen LogP contribution in [0.3, 0.4) is 0 Å². The number of amides is 4. The average molecular weight is 521 g/mol. The van der Waals surface area contributed by atoms with Crippen molar-refractivity contribution in [2.75, 3.05) is 32.9 Å². The number of hydrogen-bond acceptors (Lipinski definition) is 7. The second-order valence-electron chi connectivity index (χ2n) is 10.6. The van der Waals surface area contributed by atoms with Crippen molar-refractivity contribution < 1.29 is 46.6 Å². The molecule has 3 saturated heterocycles. The maximum Gasteiger partial charge on any atom is 0.522 e. The molecule has 36 heavy (non-hydrogen) atoms. The number of ketones is 1. The zero-order valence-corrected chi connectivity index (χ0v) is 20.3. The third kappa shape index (κ3) is 6.93. The Morgan fingerprint density at radius 1 is 1.22 bits per heavy atom. The van der Waals surface area contributed by atoms with Gasteiger partial charge in [-0.3, -0.25) is 28.7 Å². The molecule has 0 saturated carbocycles. The molecule has 1 spiro atoms. The number of nitrogens with one attached hydrogen (secondary N) is 3. The molecule has 202 valence electrons. The molecule has 3 heterocycles. The summed E-state index contributed by atoms with van der Waals surface area (Å²) in [6.45, 7) is 4.67. The maximum atomic E-state index is 13.3. The molecule has 3 aliphatic heterocycles. The Balaban J connectivity index is 1.76. The lowest BCUT2D eigenvalue weighted by atomic mass is 9.83. The molecule has 3 aliphatic rings. The van der Waals surface area contributed by atoms with Gasteiger partial charge < -0.3 is 25.6 Å². The van der Waals surface area contributed by atoms with Crippen molar-refractivity contribution in [3.63, 3.8) is 0 Å². The summed E-state index contributed by atoms with van der Waals surface area (Å²) < 4.78 is 46.4. The van der Waals surface area contributed by atoms with Gasteiger partial charge in [-0.2, -0.15) is 0 Å². The van der Waals surface area contributed by atoms with Gasteiger partial charge in [-0.1, -0.05) is 0 Å². The molecule has 4 amide bonds. The van der Waals surface area contributed by atoms with E-state index in [0.29, 0.717) is 13.0 Å². The fraction of sp³-hybridized carbons (Fsp3) is 0.773. The van der Waals surface area contributed by atoms with E-state index in [9.17, 15) is 37.1 Å². The van der Waals surface area contributed by atoms with Crippen LogP contribution in [-0.2, 0) is 33.4 Å². The van der Waals surface area contributed by atoms with E-state index in [0.717, 1.165) is 4.90 Å². The van der Waals surface area contributed by atoms with E-state index < -0.39 is 65.4 Å². The van der Waals surface area contributed by atoms with Gasteiger partial charge in [0.05, 0.1) is 19.3 Å². The molecule has 0 aliphatic carbocycles. The zero-order valence-electron chi connectivity index (χ0n) is 20.3. The van der Waals surface area contributed by atoms with Crippen LogP contribution in [0.15, 0.2) is 0 Å². The first-order chi connectivity index (χ1) is 16.6. The van der Waals surface area contributed by atoms with Crippen LogP contribution in [0.1, 0.15) is 40.0 Å². The number of carbonyl (C=O) groups is 5. The van der Waals surface area contributed by atoms with Crippen LogP contribution < -0.4 is 16.0 Å². The van der Waals surface area contributed by atoms with Gasteiger partial charge in [-0.15, -0.1) is 13.2 Å². The topological polar surface area (TPSA) is 143 Å². The molecule has 0 aromatic rings. The highest BCUT2D eigenvalue weighted by Gasteiger charge is 2.54. The van der Waals surface area contributed by atoms with Gasteiger partial charge in [0, 0.05) is 30.0 Å². The summed E-state index contributed by atoms with van der Waals surface area (Å²) in [5.74, 6) is -4.78. The smallest absolute Gasteiger partial charge is 0.380 e. The van der Waals surface area contributed by atoms with Gasteiger partial charge in [-0.25, -0.2) is 0 Å². The molecule has 0 radical (unpaired) electrons. The Bertz CT molecular complexity index is 914. The summed E-state index contributed by atoms with van der Waals surface area (Å²) in [6, 6.07) is -2.60. The van der Waals surface area contributed by atoms with Crippen LogP contribution in [0.5, 0.6) is 0 Å². The van der Waals surface area contributed by atoms with Crippen LogP contribution >= 0.6 is 0 Å². The SMILES string of the molecule is CC(C)(C)NC(=O)C(=O)N1CC2(COC2)C[C@@H]1C(=O)N[C@@H](C[C@@H]1CCNC1=O)C(=O)COC(F)(F)F. The molecule has 0 bridgehead atoms. The molecule has 0 aromatic carbocycles. The highest BCUT2D eigenvalue weighted by molar-refractivity contribution is 6.35. The first-order valence-corrected chi connectivity index (χ1v) is 11.6. The minimum absolute atomic E-state index is 0.0717. The molecule has 11 nitrogen and oxygen atoms in total. The van der Waals surface area contributed by atoms with Gasteiger partial charge in [-0.05, 0) is 40.0 Å². The van der Waals surface area contributed by atoms with E-state index in [1.807, 2.05) is 0 Å². The number of likely N-dealkylation sites (tertiary alicyclic amines) is 1. The van der Waals surface area contributed by atoms with Crippen LogP contribution in [0.25, 0.3) is 0 Å². The summed E-state index contributed by atoms with van der Waals surface area (Å²) in [6.07, 6.45) is -4.78. The molecule has 3 N–H and O–H groups in total. The van der Waals surface area contributed by atoms with E-state index in [4.69, 9.17) is 4.74 Å². The van der Waals surface area contributed by atoms with Crippen molar-refractivity contribution in [1.29, 1.82) is 0 Å². The molecule has 3 rings (SSSR count). The Morgan fingerprint density at radius 3 is 2.39 bits per heavy atom. The summed E-state index contributed by atoms with van der Waals surface area (Å²) in [7, 11) is 0. The largest absolute Gasteiger partial charge is 0.522 e. The quantitative estimate of drug-likeness (QED) is 0.389. The third-order valence-electron chi connectivity index (χ3n) is 6.34. The van der Waals surface area contributed by atoms with E-state index >= 15 is 0 Å². The van der Waals surface area contributed by atoms with Gasteiger partial charge in [0.1, 0.15) is 12.6 Å². The highest BCUT2D eigenvalue weighted by atomic mass is 19.4. The molecule has 14 heteroatoms. The second kappa shape index (κ2) is 10.3. The van der Waals surface area contributed by atoms with E-state index in [1.165, 1.54) is 0 Å². The predicted molar refractivity (Wildman–Crippen MR) is 116 cm³/mol. The van der Waals surface area contributed by atoms with Crippen molar-refractivity contribution in [2.45, 2.75) is 64.0 Å². The van der Waals surface area contributed by atoms with Gasteiger partial charge in [0.15, 0.2) is 5.78 Å². The Morgan fingerprint density at radius 2 is 1.89 bits per heavy atom. The van der Waals surface area contributed by atoms with Crippen LogP contribution in [0.2, 0.25) is 0 Å². The molecule has 0 aromatic heterocycles. The number of Topliss-reactive ketones (excluding diaryl/α,β-unsaturated/α-hetero) is 1. The second-order valence-corrected chi connectivity index (χ2v) is 10.6. The van der Waals surface area contributed by atoms with Crippen LogP contribution in [0.4, 0.5) is 13.2 Å². The van der Waals surface area contributed by atoms with E-state index in [-0.39, 0.29) is 38.5 Å². The van der Waals surface area contributed by atoms with Gasteiger partial charge in [0.25, 0.3) is 0 Å². The van der Waals surface area contributed by atoms with E-state index in [2.05, 4.69) is 20.7 Å². The first kappa shape index (κ1) is 27.8. The lowest BCUT2D eigenvalue weighted by molar-refractivity contribution is -0.321. The maximum absolute atomic E-state index is 13.3. The average Bonchev–Trinajstić information content (AvgIpc) is 3.33. The predicted octanol–water partition coefficient (Wildman–Crippen LogP) is -0.365. The number of carbonyl (C=O) groups excluding carboxylic acids is 5. The normalized spacial score (nSPS) is 24.2. The Labute approximate surface area is 205 Å². The number of alkyl halides is 3. The molecular formula is C22H31F3N4O7. The van der Waals surface area contributed by atoms with Crippen molar-refractivity contribution in [3.05, 3.63) is 0 Å². The summed E-state index contributed by atoms with van der Waals surface area (Å²) in [5, 5.41) is 7.54. The Hall–Kier alpha value is -2.74. The number of rotatable bonds is 7. The number of nitrogens with zero attached hydrogens (tertiary/aromatic N) is 1. The van der Waals surface area contributed by atoms with E-state index in [1.54, 1.807) is 20.8 Å². The van der Waals surface area contributed by atoms with Crippen molar-refractivity contribution in [1.82, 2.24) is 20.9 Å². The van der Waals surface area contributed by atoms with Crippen LogP contribution in [0, 0.1) is 11.3 Å². The minimum atomic E-state index is -5.05. The Kier molecular flexibility index (Phi) is 7.98. The fourth-order valence-corrected chi connectivity index (χ4v) is 4.58. The number of hydrogen-bond donors (Lipinski definition) is 3. The lowest BCUT2D eigenvalue weighted by Gasteiger charge is -2.37. The standard InChI is InChI=1S/C22H31F3N4O7/c1-20(2,3)28-18(33)19(34)29-9-21(10-35-11-21)7-14(29)17(32)27-13(6-12-4-5-26-16(12)31)15(30)8-36-22(23,24)25/h12-14H,4-11H2,1-3H3,(H,26,31)(H,27,32)(H,28,33)/t12-,13-,14+/m0/s1. The van der Waals surface area contributed by atoms with Gasteiger partial charge >= 0.3 is 18.2 Å². The minimum Gasteiger partial charge on any atom is -0.380 e. The molecule has 3 atom stereocenters. The number of ether oxygens (including phenoxy) is 2. The summed E-state index contributed by atoms with van der Waals surface area (Å²) >= 11 is 0. The summed E-state index contributed by atoms with van der Waals surface area (Å²) in [5.41, 5.74) is -1.25. The lowest BCUT2D eigenvalue weighted by Crippen LogP contribution is -2.56. The van der Waals surface area contributed by atoms with Crippen molar-refractivity contribution >= 4 is 29.4 Å². The summed E-state index contributed by atoms with van der Waals surface area (Å²) in [4.78, 5) is 64.4. The molecular weight excluding hydrogens is 489 g/mol. The molecule has 0 unspecified atom stereocenters. The van der Waals surface area contributed by atoms with Crippen molar-refractivity contribution in [3.8, 4) is 0 Å². The van der Waals surface area contributed by atoms with Gasteiger partial charge in [0.2, 0.25) is 11.8 Å². The third-order valence-corrected chi connectivity index (χ3v) is 6.34. The van der Waals surface area contributed by atoms with Crippen molar-refractivity contribution in [2.24, 2.45) is 11.3 Å². The zero-order chi connectivity index (χ0) is 26.9. The first-order valence-electron chi connectivity index (χ1n) is 11.6. The fourth-order valence-electron chi connectivity index (χ4n) is 4.58. The highest BCUT2D eigenvalue weighted by Crippen LogP contribution is 2.41. The number of halogens is 3. The molecule has 3 fully saturated rings. The van der Waals surface area contributed by atoms with Crippen LogP contribution in [-0.4, -0.2) is 91.2 Å². The monoisotopic (exact) mass is 520 g/mol.